The fourth-order valence-electron chi connectivity index (χ4n) is 1.91. The number of amides is 1. The molecule has 0 saturated heterocycles. The zero-order valence-electron chi connectivity index (χ0n) is 13.0. The van der Waals surface area contributed by atoms with Gasteiger partial charge in [-0.05, 0) is 55.4 Å². The van der Waals surface area contributed by atoms with E-state index in [0.29, 0.717) is 5.69 Å². The first kappa shape index (κ1) is 16.7. The van der Waals surface area contributed by atoms with E-state index in [-0.39, 0.29) is 16.8 Å². The number of hydrogen-bond acceptors (Lipinski definition) is 3. The Labute approximate surface area is 140 Å². The molecule has 0 atom stereocenters. The highest BCUT2D eigenvalue weighted by Gasteiger charge is 2.05. The van der Waals surface area contributed by atoms with Crippen molar-refractivity contribution in [2.75, 3.05) is 5.32 Å². The minimum absolute atomic E-state index is 0.0717. The second-order valence-electron chi connectivity index (χ2n) is 5.21. The number of phenolic OH excluding ortho intramolecular Hbond substituents is 1. The summed E-state index contributed by atoms with van der Waals surface area (Å²) >= 11 is 5.08. The zero-order valence-corrected chi connectivity index (χ0v) is 13.8. The predicted octanol–water partition coefficient (Wildman–Crippen LogP) is 3.54. The number of phenols is 1. The molecule has 1 amide bonds. The molecule has 0 spiro atoms. The van der Waals surface area contributed by atoms with E-state index in [1.165, 1.54) is 6.08 Å². The van der Waals surface area contributed by atoms with E-state index in [1.54, 1.807) is 24.3 Å². The fourth-order valence-corrected chi connectivity index (χ4v) is 2.12. The molecule has 0 aliphatic heterocycles. The van der Waals surface area contributed by atoms with Crippen LogP contribution in [0.3, 0.4) is 0 Å². The molecule has 2 aromatic rings. The predicted molar refractivity (Wildman–Crippen MR) is 97.4 cm³/mol. The largest absolute Gasteiger partial charge is 0.506 e. The number of aryl methyl sites for hydroxylation is 2. The van der Waals surface area contributed by atoms with Crippen LogP contribution in [0.15, 0.2) is 48.5 Å². The maximum atomic E-state index is 11.8. The van der Waals surface area contributed by atoms with Gasteiger partial charge in [-0.3, -0.25) is 10.1 Å². The van der Waals surface area contributed by atoms with Gasteiger partial charge in [0, 0.05) is 6.08 Å². The number of carbonyl (C=O) groups is 1. The molecule has 4 nitrogen and oxygen atoms in total. The lowest BCUT2D eigenvalue weighted by molar-refractivity contribution is -0.115. The Morgan fingerprint density at radius 3 is 2.43 bits per heavy atom. The molecule has 0 saturated carbocycles. The van der Waals surface area contributed by atoms with Gasteiger partial charge in [-0.2, -0.15) is 0 Å². The topological polar surface area (TPSA) is 61.4 Å². The molecule has 0 aromatic heterocycles. The van der Waals surface area contributed by atoms with Crippen LogP contribution in [-0.2, 0) is 4.79 Å². The maximum absolute atomic E-state index is 11.8. The van der Waals surface area contributed by atoms with Crippen LogP contribution in [0, 0.1) is 13.8 Å². The van der Waals surface area contributed by atoms with Crippen molar-refractivity contribution in [3.63, 3.8) is 0 Å². The molecule has 0 radical (unpaired) electrons. The number of thiocarbonyl (C=S) groups is 1. The second kappa shape index (κ2) is 7.56. The number of rotatable bonds is 3. The maximum Gasteiger partial charge on any atom is 0.250 e. The van der Waals surface area contributed by atoms with E-state index in [9.17, 15) is 9.90 Å². The van der Waals surface area contributed by atoms with Gasteiger partial charge < -0.3 is 10.4 Å². The summed E-state index contributed by atoms with van der Waals surface area (Å²) in [5, 5.41) is 15.2. The van der Waals surface area contributed by atoms with Gasteiger partial charge in [0.15, 0.2) is 5.11 Å². The first-order chi connectivity index (χ1) is 10.9. The fraction of sp³-hybridized carbons (Fsp3) is 0.111. The highest BCUT2D eigenvalue weighted by molar-refractivity contribution is 7.80. The van der Waals surface area contributed by atoms with Crippen molar-refractivity contribution in [1.29, 1.82) is 0 Å². The normalized spacial score (nSPS) is 10.5. The summed E-state index contributed by atoms with van der Waals surface area (Å²) in [5.41, 5.74) is 3.52. The van der Waals surface area contributed by atoms with Crippen LogP contribution in [0.2, 0.25) is 0 Å². The van der Waals surface area contributed by atoms with Gasteiger partial charge in [-0.25, -0.2) is 0 Å². The van der Waals surface area contributed by atoms with Crippen molar-refractivity contribution in [1.82, 2.24) is 5.32 Å². The second-order valence-corrected chi connectivity index (χ2v) is 5.62. The summed E-state index contributed by atoms with van der Waals surface area (Å²) in [5.74, 6) is -0.266. The Kier molecular flexibility index (Phi) is 5.49. The Morgan fingerprint density at radius 1 is 1.09 bits per heavy atom. The van der Waals surface area contributed by atoms with Crippen LogP contribution >= 0.6 is 12.2 Å². The van der Waals surface area contributed by atoms with Crippen LogP contribution in [0.25, 0.3) is 6.08 Å². The summed E-state index contributed by atoms with van der Waals surface area (Å²) in [6.07, 6.45) is 3.12. The van der Waals surface area contributed by atoms with E-state index < -0.39 is 0 Å². The number of anilines is 1. The minimum Gasteiger partial charge on any atom is -0.506 e. The van der Waals surface area contributed by atoms with E-state index in [4.69, 9.17) is 12.2 Å². The molecule has 0 aliphatic rings. The molecular formula is C18H18N2O2S. The molecule has 3 N–H and O–H groups in total. The Balaban J connectivity index is 1.93. The monoisotopic (exact) mass is 326 g/mol. The summed E-state index contributed by atoms with van der Waals surface area (Å²) in [7, 11) is 0. The Hall–Kier alpha value is -2.66. The molecule has 0 bridgehead atoms. The lowest BCUT2D eigenvalue weighted by atomic mass is 10.1. The molecule has 0 fully saturated rings. The Morgan fingerprint density at radius 2 is 1.74 bits per heavy atom. The van der Waals surface area contributed by atoms with Crippen molar-refractivity contribution < 1.29 is 9.90 Å². The van der Waals surface area contributed by atoms with Gasteiger partial charge >= 0.3 is 0 Å². The van der Waals surface area contributed by atoms with Crippen molar-refractivity contribution in [2.24, 2.45) is 0 Å². The van der Waals surface area contributed by atoms with Gasteiger partial charge in [0.1, 0.15) is 5.75 Å². The van der Waals surface area contributed by atoms with Gasteiger partial charge in [-0.15, -0.1) is 0 Å². The number of benzene rings is 2. The summed E-state index contributed by atoms with van der Waals surface area (Å²) in [6.45, 7) is 3.90. The molecule has 2 rings (SSSR count). The van der Waals surface area contributed by atoms with E-state index in [0.717, 1.165) is 16.7 Å². The van der Waals surface area contributed by atoms with Crippen molar-refractivity contribution in [3.05, 3.63) is 65.2 Å². The first-order valence-electron chi connectivity index (χ1n) is 7.10. The molecule has 0 unspecified atom stereocenters. The van der Waals surface area contributed by atoms with Gasteiger partial charge in [0.2, 0.25) is 5.91 Å². The third-order valence-electron chi connectivity index (χ3n) is 3.14. The standard InChI is InChI=1S/C18H18N2O2S/c1-12-3-6-14(7-4-12)8-10-17(22)20-18(23)19-15-11-13(2)5-9-16(15)21/h3-11,21H,1-2H3,(H2,19,20,22,23). The lowest BCUT2D eigenvalue weighted by Gasteiger charge is -2.10. The third kappa shape index (κ3) is 5.23. The number of carbonyl (C=O) groups excluding carboxylic acids is 1. The molecular weight excluding hydrogens is 308 g/mol. The summed E-state index contributed by atoms with van der Waals surface area (Å²) in [6, 6.07) is 12.9. The molecule has 118 valence electrons. The number of aromatic hydroxyl groups is 1. The van der Waals surface area contributed by atoms with Crippen molar-refractivity contribution in [3.8, 4) is 5.75 Å². The van der Waals surface area contributed by atoms with Crippen LogP contribution in [0.1, 0.15) is 16.7 Å². The van der Waals surface area contributed by atoms with Gasteiger partial charge in [-0.1, -0.05) is 35.9 Å². The average molecular weight is 326 g/mol. The first-order valence-corrected chi connectivity index (χ1v) is 7.51. The van der Waals surface area contributed by atoms with E-state index in [1.807, 2.05) is 38.1 Å². The van der Waals surface area contributed by atoms with Gasteiger partial charge in [0.25, 0.3) is 0 Å². The van der Waals surface area contributed by atoms with Gasteiger partial charge in [0.05, 0.1) is 5.69 Å². The van der Waals surface area contributed by atoms with Crippen molar-refractivity contribution in [2.45, 2.75) is 13.8 Å². The molecule has 0 aliphatic carbocycles. The summed E-state index contributed by atoms with van der Waals surface area (Å²) in [4.78, 5) is 11.8. The quantitative estimate of drug-likeness (QED) is 0.459. The SMILES string of the molecule is Cc1ccc(C=CC(=O)NC(=S)Nc2cc(C)ccc2O)cc1. The number of nitrogens with one attached hydrogen (secondary N) is 2. The van der Waals surface area contributed by atoms with Crippen LogP contribution in [-0.4, -0.2) is 16.1 Å². The molecule has 5 heteroatoms. The van der Waals surface area contributed by atoms with E-state index in [2.05, 4.69) is 10.6 Å². The number of hydrogen-bond donors (Lipinski definition) is 3. The smallest absolute Gasteiger partial charge is 0.250 e. The summed E-state index contributed by atoms with van der Waals surface area (Å²) < 4.78 is 0. The molecule has 23 heavy (non-hydrogen) atoms. The van der Waals surface area contributed by atoms with Crippen LogP contribution in [0.4, 0.5) is 5.69 Å². The highest BCUT2D eigenvalue weighted by Crippen LogP contribution is 2.23. The lowest BCUT2D eigenvalue weighted by Crippen LogP contribution is -2.32. The molecule has 0 heterocycles. The van der Waals surface area contributed by atoms with E-state index >= 15 is 0 Å². The highest BCUT2D eigenvalue weighted by atomic mass is 32.1. The Bertz CT molecular complexity index is 752. The minimum atomic E-state index is -0.338. The van der Waals surface area contributed by atoms with Crippen LogP contribution in [0.5, 0.6) is 5.75 Å². The zero-order chi connectivity index (χ0) is 16.8. The average Bonchev–Trinajstić information content (AvgIpc) is 2.50. The van der Waals surface area contributed by atoms with Crippen LogP contribution < -0.4 is 10.6 Å². The molecule has 2 aromatic carbocycles. The third-order valence-corrected chi connectivity index (χ3v) is 3.35. The van der Waals surface area contributed by atoms with Crippen molar-refractivity contribution >= 4 is 35.0 Å².